The largest absolute Gasteiger partial charge is 0.485 e. The molecule has 2 aromatic carbocycles. The van der Waals surface area contributed by atoms with Gasteiger partial charge in [-0.25, -0.2) is 9.37 Å². The monoisotopic (exact) mass is 546 g/mol. The number of piperidine rings is 1. The quantitative estimate of drug-likeness (QED) is 0.328. The van der Waals surface area contributed by atoms with Crippen LogP contribution in [-0.2, 0) is 24.2 Å². The van der Waals surface area contributed by atoms with Crippen molar-refractivity contribution in [3.8, 4) is 22.8 Å². The maximum atomic E-state index is 15.1. The van der Waals surface area contributed by atoms with E-state index in [1.54, 1.807) is 13.0 Å². The van der Waals surface area contributed by atoms with Gasteiger partial charge in [-0.1, -0.05) is 43.7 Å². The van der Waals surface area contributed by atoms with Gasteiger partial charge in [-0.2, -0.15) is 0 Å². The van der Waals surface area contributed by atoms with Crippen molar-refractivity contribution in [2.24, 2.45) is 5.92 Å². The van der Waals surface area contributed by atoms with Gasteiger partial charge in [0.2, 0.25) is 5.88 Å². The highest BCUT2D eigenvalue weighted by Gasteiger charge is 2.28. The lowest BCUT2D eigenvalue weighted by Gasteiger charge is -2.39. The van der Waals surface area contributed by atoms with Gasteiger partial charge in [0.25, 0.3) is 0 Å². The first-order chi connectivity index (χ1) is 19.2. The number of rotatable bonds is 8. The van der Waals surface area contributed by atoms with Gasteiger partial charge in [0.1, 0.15) is 17.7 Å². The number of hydrogen-bond acceptors (Lipinski definition) is 5. The topological polar surface area (TPSA) is 71.9 Å². The molecule has 2 aliphatic heterocycles. The molecule has 1 N–H and O–H groups in total. The highest BCUT2D eigenvalue weighted by atomic mass is 19.1. The number of carboxylic acid groups (broad SMARTS) is 1. The van der Waals surface area contributed by atoms with Crippen LogP contribution in [0.3, 0.4) is 0 Å². The smallest absolute Gasteiger partial charge is 0.306 e. The Morgan fingerprint density at radius 1 is 1.12 bits per heavy atom. The normalized spacial score (nSPS) is 21.8. The van der Waals surface area contributed by atoms with Crippen LogP contribution in [0.5, 0.6) is 11.6 Å². The molecular formula is C33H39FN2O4. The van der Waals surface area contributed by atoms with E-state index in [-0.39, 0.29) is 11.9 Å². The van der Waals surface area contributed by atoms with E-state index in [9.17, 15) is 9.90 Å². The van der Waals surface area contributed by atoms with Crippen molar-refractivity contribution in [3.63, 3.8) is 0 Å². The number of likely N-dealkylation sites (tertiary alicyclic amines) is 1. The number of nitrogens with zero attached hydrogens (tertiary/aromatic N) is 2. The predicted octanol–water partition coefficient (Wildman–Crippen LogP) is 6.99. The Morgan fingerprint density at radius 2 is 1.90 bits per heavy atom. The van der Waals surface area contributed by atoms with Crippen molar-refractivity contribution in [2.75, 3.05) is 7.11 Å². The number of aryl methyl sites for hydroxylation is 1. The molecule has 0 aliphatic carbocycles. The van der Waals surface area contributed by atoms with E-state index in [0.717, 1.165) is 65.8 Å². The van der Waals surface area contributed by atoms with Crippen LogP contribution in [0.1, 0.15) is 74.8 Å². The fraction of sp³-hybridized carbons (Fsp3) is 0.455. The van der Waals surface area contributed by atoms with Gasteiger partial charge in [0.05, 0.1) is 19.2 Å². The van der Waals surface area contributed by atoms with Crippen molar-refractivity contribution in [2.45, 2.75) is 84.0 Å². The van der Waals surface area contributed by atoms with E-state index >= 15 is 4.39 Å². The zero-order valence-electron chi connectivity index (χ0n) is 23.8. The van der Waals surface area contributed by atoms with Crippen LogP contribution in [0.15, 0.2) is 48.7 Å². The summed E-state index contributed by atoms with van der Waals surface area (Å²) in [4.78, 5) is 17.9. The molecule has 1 fully saturated rings. The minimum Gasteiger partial charge on any atom is -0.485 e. The van der Waals surface area contributed by atoms with E-state index in [1.165, 1.54) is 19.7 Å². The molecule has 5 rings (SSSR count). The van der Waals surface area contributed by atoms with Crippen molar-refractivity contribution < 1.29 is 23.8 Å². The van der Waals surface area contributed by atoms with Crippen molar-refractivity contribution in [1.29, 1.82) is 0 Å². The third kappa shape index (κ3) is 5.99. The van der Waals surface area contributed by atoms with Gasteiger partial charge in [0.15, 0.2) is 0 Å². The fourth-order valence-corrected chi connectivity index (χ4v) is 6.14. The summed E-state index contributed by atoms with van der Waals surface area (Å²) in [7, 11) is 1.54. The summed E-state index contributed by atoms with van der Waals surface area (Å²) in [5, 5.41) is 9.33. The number of halogens is 1. The lowest BCUT2D eigenvalue weighted by Crippen LogP contribution is -2.43. The molecule has 212 valence electrons. The summed E-state index contributed by atoms with van der Waals surface area (Å²) in [6.07, 6.45) is 6.80. The first-order valence-corrected chi connectivity index (χ1v) is 14.3. The second-order valence-corrected chi connectivity index (χ2v) is 11.5. The Balaban J connectivity index is 1.48. The molecule has 7 heteroatoms. The van der Waals surface area contributed by atoms with Crippen LogP contribution in [0.2, 0.25) is 0 Å². The van der Waals surface area contributed by atoms with Crippen LogP contribution >= 0.6 is 0 Å². The maximum Gasteiger partial charge on any atom is 0.306 e. The van der Waals surface area contributed by atoms with Crippen LogP contribution in [0, 0.1) is 11.7 Å². The van der Waals surface area contributed by atoms with E-state index in [1.807, 2.05) is 24.3 Å². The molecule has 1 unspecified atom stereocenters. The van der Waals surface area contributed by atoms with E-state index < -0.39 is 11.9 Å². The number of carbonyl (C=O) groups is 1. The molecule has 4 atom stereocenters. The summed E-state index contributed by atoms with van der Waals surface area (Å²) in [5.74, 6) is -0.434. The second kappa shape index (κ2) is 12.0. The summed E-state index contributed by atoms with van der Waals surface area (Å²) in [6, 6.07) is 14.8. The Hall–Kier alpha value is -3.45. The lowest BCUT2D eigenvalue weighted by molar-refractivity contribution is -0.141. The average Bonchev–Trinajstić information content (AvgIpc) is 2.95. The van der Waals surface area contributed by atoms with Gasteiger partial charge in [-0.3, -0.25) is 9.69 Å². The molecule has 6 nitrogen and oxygen atoms in total. The number of methoxy groups -OCH3 is 1. The standard InChI is InChI=1S/C33H39FN2O4/c1-20(33(37)38)14-23-8-9-24-11-13-30(40-31(24)15-23)25-10-12-27(28-17-32(39-4)35-18-29(28)34)26(16-25)19-36-21(2)6-5-7-22(36)3/h8-10,12,15-18,20-22,30H,5-7,11,13-14,19H2,1-4H3,(H,37,38)/t20?,21-,22+,30-/m0/s1. The molecule has 0 bridgehead atoms. The summed E-state index contributed by atoms with van der Waals surface area (Å²) >= 11 is 0. The molecule has 3 heterocycles. The third-order valence-corrected chi connectivity index (χ3v) is 8.60. The van der Waals surface area contributed by atoms with E-state index in [2.05, 4.69) is 35.9 Å². The first kappa shape index (κ1) is 28.1. The molecule has 1 aromatic heterocycles. The molecule has 40 heavy (non-hydrogen) atoms. The van der Waals surface area contributed by atoms with E-state index in [4.69, 9.17) is 9.47 Å². The number of fused-ring (bicyclic) bond motifs is 1. The third-order valence-electron chi connectivity index (χ3n) is 8.60. The Kier molecular flexibility index (Phi) is 8.40. The SMILES string of the molecule is COc1cc(-c2ccc([C@@H]3CCc4ccc(CC(C)C(=O)O)cc4O3)cc2CN2[C@H](C)CCC[C@@H]2C)c(F)cn1. The molecule has 3 aromatic rings. The number of ether oxygens (including phenoxy) is 2. The molecule has 0 saturated carbocycles. The highest BCUT2D eigenvalue weighted by molar-refractivity contribution is 5.70. The fourth-order valence-electron chi connectivity index (χ4n) is 6.14. The molecule has 0 spiro atoms. The molecule has 0 amide bonds. The number of pyridine rings is 1. The van der Waals surface area contributed by atoms with Gasteiger partial charge >= 0.3 is 5.97 Å². The Bertz CT molecular complexity index is 1370. The van der Waals surface area contributed by atoms with Gasteiger partial charge < -0.3 is 14.6 Å². The molecular weight excluding hydrogens is 507 g/mol. The molecule has 0 radical (unpaired) electrons. The number of aliphatic carboxylic acids is 1. The van der Waals surface area contributed by atoms with Gasteiger partial charge in [-0.05, 0) is 79.8 Å². The predicted molar refractivity (Wildman–Crippen MR) is 153 cm³/mol. The minimum absolute atomic E-state index is 0.138. The minimum atomic E-state index is -0.801. The number of benzene rings is 2. The lowest BCUT2D eigenvalue weighted by atomic mass is 9.90. The maximum absolute atomic E-state index is 15.1. The van der Waals surface area contributed by atoms with E-state index in [0.29, 0.717) is 29.9 Å². The first-order valence-electron chi connectivity index (χ1n) is 14.3. The number of carboxylic acids is 1. The molecule has 2 aliphatic rings. The summed E-state index contributed by atoms with van der Waals surface area (Å²) < 4.78 is 27.0. The zero-order chi connectivity index (χ0) is 28.4. The number of hydrogen-bond donors (Lipinski definition) is 1. The Morgan fingerprint density at radius 3 is 2.62 bits per heavy atom. The van der Waals surface area contributed by atoms with Crippen LogP contribution in [0.4, 0.5) is 4.39 Å². The summed E-state index contributed by atoms with van der Waals surface area (Å²) in [6.45, 7) is 6.99. The highest BCUT2D eigenvalue weighted by Crippen LogP contribution is 2.39. The van der Waals surface area contributed by atoms with Crippen molar-refractivity contribution >= 4 is 5.97 Å². The zero-order valence-corrected chi connectivity index (χ0v) is 23.8. The van der Waals surface area contributed by atoms with Crippen LogP contribution in [-0.4, -0.2) is 40.2 Å². The second-order valence-electron chi connectivity index (χ2n) is 11.5. The Labute approximate surface area is 236 Å². The van der Waals surface area contributed by atoms with Crippen LogP contribution < -0.4 is 9.47 Å². The summed E-state index contributed by atoms with van der Waals surface area (Å²) in [5.41, 5.74) is 5.55. The van der Waals surface area contributed by atoms with Gasteiger partial charge in [0, 0.05) is 30.3 Å². The average molecular weight is 547 g/mol. The van der Waals surface area contributed by atoms with Crippen molar-refractivity contribution in [1.82, 2.24) is 9.88 Å². The molecule has 1 saturated heterocycles. The number of aromatic nitrogens is 1. The van der Waals surface area contributed by atoms with Crippen LogP contribution in [0.25, 0.3) is 11.1 Å². The van der Waals surface area contributed by atoms with Gasteiger partial charge in [-0.15, -0.1) is 0 Å². The van der Waals surface area contributed by atoms with Crippen molar-refractivity contribution in [3.05, 3.63) is 76.7 Å².